The lowest BCUT2D eigenvalue weighted by molar-refractivity contribution is -0.153. The fraction of sp³-hybridized carbons (Fsp3) is 0.880. The number of allylic oxidation sites excluding steroid dienone is 2. The summed E-state index contributed by atoms with van der Waals surface area (Å²) in [4.78, 5) is 11.9. The molecule has 2 unspecified atom stereocenters. The van der Waals surface area contributed by atoms with Crippen molar-refractivity contribution in [2.45, 2.75) is 121 Å². The molecule has 31 heavy (non-hydrogen) atoms. The lowest BCUT2D eigenvalue weighted by Crippen LogP contribution is -2.42. The molecule has 1 saturated heterocycles. The Morgan fingerprint density at radius 1 is 0.968 bits per heavy atom. The largest absolute Gasteiger partial charge is 0.463 e. The molecule has 0 aromatic rings. The minimum absolute atomic E-state index is 0.0227. The highest BCUT2D eigenvalue weighted by Crippen LogP contribution is 2.20. The highest BCUT2D eigenvalue weighted by molar-refractivity contribution is 5.69. The lowest BCUT2D eigenvalue weighted by atomic mass is 10.1. The van der Waals surface area contributed by atoms with E-state index in [9.17, 15) is 15.0 Å². The van der Waals surface area contributed by atoms with Crippen LogP contribution >= 0.6 is 0 Å². The Kier molecular flexibility index (Phi) is 16.9. The summed E-state index contributed by atoms with van der Waals surface area (Å²) < 4.78 is 15.9. The maximum Gasteiger partial charge on any atom is 0.305 e. The van der Waals surface area contributed by atoms with Crippen molar-refractivity contribution in [3.63, 3.8) is 0 Å². The second-order valence-corrected chi connectivity index (χ2v) is 8.65. The van der Waals surface area contributed by atoms with Gasteiger partial charge in [-0.2, -0.15) is 0 Å². The first-order chi connectivity index (χ1) is 15.1. The number of hydrogen-bond donors (Lipinski definition) is 2. The van der Waals surface area contributed by atoms with Crippen LogP contribution in [0.1, 0.15) is 96.8 Å². The molecule has 0 bridgehead atoms. The average Bonchev–Trinajstić information content (AvgIpc) is 3.10. The van der Waals surface area contributed by atoms with Crippen molar-refractivity contribution in [3.8, 4) is 0 Å². The summed E-state index contributed by atoms with van der Waals surface area (Å²) in [6.07, 6.45) is 17.7. The molecule has 0 aromatic heterocycles. The van der Waals surface area contributed by atoms with E-state index in [-0.39, 0.29) is 19.2 Å². The van der Waals surface area contributed by atoms with Gasteiger partial charge in [-0.05, 0) is 32.1 Å². The van der Waals surface area contributed by atoms with Gasteiger partial charge in [0.1, 0.15) is 31.0 Å². The second-order valence-electron chi connectivity index (χ2n) is 8.65. The third kappa shape index (κ3) is 13.3. The van der Waals surface area contributed by atoms with Crippen LogP contribution in [0.25, 0.3) is 0 Å². The molecular weight excluding hydrogens is 396 g/mol. The molecular formula is C25H46O6. The Bertz CT molecular complexity index is 467. The molecule has 6 heteroatoms. The first-order valence-corrected chi connectivity index (χ1v) is 12.4. The summed E-state index contributed by atoms with van der Waals surface area (Å²) in [5.41, 5.74) is 0. The number of esters is 1. The van der Waals surface area contributed by atoms with Crippen molar-refractivity contribution in [2.24, 2.45) is 0 Å². The molecule has 0 aromatic carbocycles. The topological polar surface area (TPSA) is 85.2 Å². The number of carbonyl (C=O) groups excluding carboxylic acids is 1. The van der Waals surface area contributed by atoms with Crippen molar-refractivity contribution >= 4 is 5.97 Å². The van der Waals surface area contributed by atoms with Crippen LogP contribution in [0.5, 0.6) is 0 Å². The van der Waals surface area contributed by atoms with Gasteiger partial charge in [0.05, 0.1) is 6.61 Å². The van der Waals surface area contributed by atoms with Crippen molar-refractivity contribution in [3.05, 3.63) is 12.2 Å². The Hall–Kier alpha value is -0.950. The van der Waals surface area contributed by atoms with Gasteiger partial charge in [-0.25, -0.2) is 0 Å². The molecule has 0 radical (unpaired) electrons. The molecule has 4 atom stereocenters. The van der Waals surface area contributed by atoms with Crippen LogP contribution in [0.15, 0.2) is 12.2 Å². The quantitative estimate of drug-likeness (QED) is 0.171. The molecule has 6 nitrogen and oxygen atoms in total. The van der Waals surface area contributed by atoms with Crippen LogP contribution in [0.2, 0.25) is 0 Å². The zero-order valence-electron chi connectivity index (χ0n) is 19.8. The number of ether oxygens (including phenoxy) is 3. The zero-order valence-corrected chi connectivity index (χ0v) is 19.8. The van der Waals surface area contributed by atoms with E-state index in [1.165, 1.54) is 64.9 Å². The van der Waals surface area contributed by atoms with Crippen LogP contribution < -0.4 is 0 Å². The van der Waals surface area contributed by atoms with Gasteiger partial charge in [0.25, 0.3) is 0 Å². The molecule has 1 heterocycles. The SMILES string of the molecule is CCCCCCCC/C=C\CCCCCCCC(=O)OCC(OC)[C@H]1OC[C@H](O)C1O. The molecule has 0 spiro atoms. The van der Waals surface area contributed by atoms with E-state index in [1.54, 1.807) is 0 Å². The van der Waals surface area contributed by atoms with Crippen LogP contribution in [-0.4, -0.2) is 60.9 Å². The first-order valence-electron chi connectivity index (χ1n) is 12.4. The van der Waals surface area contributed by atoms with Crippen LogP contribution in [-0.2, 0) is 19.0 Å². The number of methoxy groups -OCH3 is 1. The summed E-state index contributed by atoms with van der Waals surface area (Å²) >= 11 is 0. The fourth-order valence-corrected chi connectivity index (χ4v) is 3.84. The van der Waals surface area contributed by atoms with Gasteiger partial charge in [-0.15, -0.1) is 0 Å². The number of carbonyl (C=O) groups is 1. The molecule has 1 fully saturated rings. The van der Waals surface area contributed by atoms with E-state index in [4.69, 9.17) is 14.2 Å². The minimum atomic E-state index is -1.02. The van der Waals surface area contributed by atoms with Crippen LogP contribution in [0.4, 0.5) is 0 Å². The average molecular weight is 443 g/mol. The molecule has 1 rings (SSSR count). The van der Waals surface area contributed by atoms with Crippen LogP contribution in [0.3, 0.4) is 0 Å². The number of unbranched alkanes of at least 4 members (excludes halogenated alkanes) is 11. The van der Waals surface area contributed by atoms with Gasteiger partial charge in [0, 0.05) is 13.5 Å². The molecule has 0 amide bonds. The predicted molar refractivity (Wildman–Crippen MR) is 123 cm³/mol. The van der Waals surface area contributed by atoms with Gasteiger partial charge in [0.15, 0.2) is 0 Å². The smallest absolute Gasteiger partial charge is 0.305 e. The lowest BCUT2D eigenvalue weighted by Gasteiger charge is -2.24. The van der Waals surface area contributed by atoms with Crippen molar-refractivity contribution in [1.29, 1.82) is 0 Å². The highest BCUT2D eigenvalue weighted by atomic mass is 16.6. The summed E-state index contributed by atoms with van der Waals surface area (Å²) in [5.74, 6) is -0.257. The Morgan fingerprint density at radius 3 is 2.10 bits per heavy atom. The highest BCUT2D eigenvalue weighted by Gasteiger charge is 2.40. The molecule has 182 valence electrons. The van der Waals surface area contributed by atoms with Gasteiger partial charge in [-0.3, -0.25) is 4.79 Å². The van der Waals surface area contributed by atoms with Crippen LogP contribution in [0, 0.1) is 0 Å². The summed E-state index contributed by atoms with van der Waals surface area (Å²) in [5, 5.41) is 19.4. The first kappa shape index (κ1) is 28.1. The monoisotopic (exact) mass is 442 g/mol. The normalized spacial score (nSPS) is 22.3. The van der Waals surface area contributed by atoms with E-state index in [2.05, 4.69) is 19.1 Å². The number of aliphatic hydroxyl groups is 2. The van der Waals surface area contributed by atoms with Crippen molar-refractivity contribution < 1.29 is 29.2 Å². The maximum absolute atomic E-state index is 11.9. The van der Waals surface area contributed by atoms with E-state index < -0.39 is 24.4 Å². The third-order valence-electron chi connectivity index (χ3n) is 5.91. The Morgan fingerprint density at radius 2 is 1.55 bits per heavy atom. The van der Waals surface area contributed by atoms with Gasteiger partial charge in [0.2, 0.25) is 0 Å². The predicted octanol–water partition coefficient (Wildman–Crippen LogP) is 4.70. The van der Waals surface area contributed by atoms with Gasteiger partial charge in [-0.1, -0.05) is 70.4 Å². The third-order valence-corrected chi connectivity index (χ3v) is 5.91. The molecule has 1 aliphatic rings. The van der Waals surface area contributed by atoms with Gasteiger partial charge >= 0.3 is 5.97 Å². The van der Waals surface area contributed by atoms with Crippen molar-refractivity contribution in [2.75, 3.05) is 20.3 Å². The molecule has 0 aliphatic carbocycles. The molecule has 1 aliphatic heterocycles. The van der Waals surface area contributed by atoms with E-state index >= 15 is 0 Å². The van der Waals surface area contributed by atoms with E-state index in [0.29, 0.717) is 6.42 Å². The number of rotatable bonds is 19. The van der Waals surface area contributed by atoms with Crippen molar-refractivity contribution in [1.82, 2.24) is 0 Å². The number of aliphatic hydroxyl groups excluding tert-OH is 2. The summed E-state index contributed by atoms with van der Waals surface area (Å²) in [7, 11) is 1.48. The maximum atomic E-state index is 11.9. The second kappa shape index (κ2) is 18.6. The van der Waals surface area contributed by atoms with Gasteiger partial charge < -0.3 is 24.4 Å². The molecule has 0 saturated carbocycles. The summed E-state index contributed by atoms with van der Waals surface area (Å²) in [6, 6.07) is 0. The van der Waals surface area contributed by atoms with E-state index in [0.717, 1.165) is 25.7 Å². The zero-order chi connectivity index (χ0) is 22.7. The fourth-order valence-electron chi connectivity index (χ4n) is 3.84. The van der Waals surface area contributed by atoms with E-state index in [1.807, 2.05) is 0 Å². The Balaban J connectivity index is 1.92. The summed E-state index contributed by atoms with van der Waals surface area (Å²) in [6.45, 7) is 2.34. The molecule has 2 N–H and O–H groups in total. The standard InChI is InChI=1S/C25H46O6/c1-3-4-5-6-7-8-9-10-11-12-13-14-15-16-17-18-23(27)30-20-22(29-2)25-24(28)21(26)19-31-25/h10-11,21-22,24-26,28H,3-9,12-20H2,1-2H3/b11-10-/t21-,22?,24?,25+/m0/s1. The Labute approximate surface area is 189 Å². The minimum Gasteiger partial charge on any atom is -0.463 e. The number of hydrogen-bond acceptors (Lipinski definition) is 6.